The summed E-state index contributed by atoms with van der Waals surface area (Å²) >= 11 is 1.48. The van der Waals surface area contributed by atoms with Crippen molar-refractivity contribution in [2.24, 2.45) is 0 Å². The van der Waals surface area contributed by atoms with E-state index in [1.807, 2.05) is 58.0 Å². The summed E-state index contributed by atoms with van der Waals surface area (Å²) in [5.74, 6) is 0. The van der Waals surface area contributed by atoms with E-state index in [1.165, 1.54) is 11.8 Å². The molecule has 24 heavy (non-hydrogen) atoms. The molecule has 1 aliphatic rings. The second kappa shape index (κ2) is 9.17. The van der Waals surface area contributed by atoms with Crippen molar-refractivity contribution in [3.8, 4) is 0 Å². The third-order valence-electron chi connectivity index (χ3n) is 3.65. The summed E-state index contributed by atoms with van der Waals surface area (Å²) in [5.41, 5.74) is -0.422. The molecule has 0 spiro atoms. The number of hydrogen-bond donors (Lipinski definition) is 2. The van der Waals surface area contributed by atoms with Crippen molar-refractivity contribution in [3.63, 3.8) is 0 Å². The van der Waals surface area contributed by atoms with E-state index in [-0.39, 0.29) is 18.8 Å². The average molecular weight is 356 g/mol. The Morgan fingerprint density at radius 3 is 2.17 bits per heavy atom. The van der Waals surface area contributed by atoms with Gasteiger partial charge in [0.1, 0.15) is 29.9 Å². The highest BCUT2D eigenvalue weighted by Crippen LogP contribution is 2.36. The first-order chi connectivity index (χ1) is 11.4. The maximum atomic E-state index is 10.8. The molecular formula is C18H28O5S. The van der Waals surface area contributed by atoms with Gasteiger partial charge in [-0.1, -0.05) is 30.0 Å². The van der Waals surface area contributed by atoms with Crippen molar-refractivity contribution >= 4 is 11.8 Å². The molecule has 0 bridgehead atoms. The van der Waals surface area contributed by atoms with E-state index in [1.54, 1.807) is 0 Å². The zero-order valence-electron chi connectivity index (χ0n) is 14.7. The lowest BCUT2D eigenvalue weighted by molar-refractivity contribution is -0.245. The Labute approximate surface area is 148 Å². The minimum absolute atomic E-state index is 0.0579. The number of thioether (sulfide) groups is 1. The number of hydrogen-bond acceptors (Lipinski definition) is 6. The van der Waals surface area contributed by atoms with E-state index in [9.17, 15) is 10.2 Å². The molecule has 0 aliphatic carbocycles. The summed E-state index contributed by atoms with van der Waals surface area (Å²) < 4.78 is 17.8. The standard InChI is InChI=1S/C18H28O5S/c1-11(2)21-16-14(10-19)23-18(17(15(16)20)22-12(3)4)24-13-8-6-5-7-9-13/h5-9,11-12,14-20H,10H2,1-4H3/t14-,15+,16-,17+,18-/m1/s1. The zero-order valence-corrected chi connectivity index (χ0v) is 15.5. The van der Waals surface area contributed by atoms with Gasteiger partial charge in [-0.15, -0.1) is 0 Å². The summed E-state index contributed by atoms with van der Waals surface area (Å²) in [6.45, 7) is 7.42. The van der Waals surface area contributed by atoms with E-state index >= 15 is 0 Å². The van der Waals surface area contributed by atoms with Gasteiger partial charge < -0.3 is 24.4 Å². The molecule has 0 unspecified atom stereocenters. The van der Waals surface area contributed by atoms with Crippen LogP contribution in [0.3, 0.4) is 0 Å². The minimum Gasteiger partial charge on any atom is -0.394 e. The molecule has 136 valence electrons. The Morgan fingerprint density at radius 2 is 1.62 bits per heavy atom. The fraction of sp³-hybridized carbons (Fsp3) is 0.667. The lowest BCUT2D eigenvalue weighted by Gasteiger charge is -2.44. The molecule has 5 atom stereocenters. The van der Waals surface area contributed by atoms with Crippen LogP contribution in [0.15, 0.2) is 35.2 Å². The van der Waals surface area contributed by atoms with Crippen LogP contribution in [0.25, 0.3) is 0 Å². The first-order valence-electron chi connectivity index (χ1n) is 8.39. The Kier molecular flexibility index (Phi) is 7.53. The summed E-state index contributed by atoms with van der Waals surface area (Å²) in [5, 5.41) is 20.5. The molecule has 1 aromatic rings. The largest absolute Gasteiger partial charge is 0.394 e. The molecule has 6 heteroatoms. The topological polar surface area (TPSA) is 68.2 Å². The first kappa shape index (κ1) is 19.7. The molecule has 0 aromatic heterocycles. The minimum atomic E-state index is -0.873. The van der Waals surface area contributed by atoms with E-state index in [4.69, 9.17) is 14.2 Å². The Hall–Kier alpha value is -0.630. The lowest BCUT2D eigenvalue weighted by Crippen LogP contribution is -2.60. The van der Waals surface area contributed by atoms with Crippen LogP contribution < -0.4 is 0 Å². The maximum Gasteiger partial charge on any atom is 0.137 e. The Bertz CT molecular complexity index is 482. The summed E-state index contributed by atoms with van der Waals surface area (Å²) in [4.78, 5) is 1.02. The first-order valence-corrected chi connectivity index (χ1v) is 9.27. The fourth-order valence-corrected chi connectivity index (χ4v) is 3.85. The molecule has 5 nitrogen and oxygen atoms in total. The van der Waals surface area contributed by atoms with Gasteiger partial charge in [0, 0.05) is 4.90 Å². The number of aliphatic hydroxyl groups excluding tert-OH is 2. The quantitative estimate of drug-likeness (QED) is 0.782. The maximum absolute atomic E-state index is 10.8. The molecule has 2 rings (SSSR count). The van der Waals surface area contributed by atoms with Gasteiger partial charge >= 0.3 is 0 Å². The van der Waals surface area contributed by atoms with Gasteiger partial charge in [0.25, 0.3) is 0 Å². The molecule has 1 heterocycles. The predicted molar refractivity (Wildman–Crippen MR) is 94.1 cm³/mol. The molecule has 1 aromatic carbocycles. The van der Waals surface area contributed by atoms with Gasteiger partial charge in [0.05, 0.1) is 18.8 Å². The van der Waals surface area contributed by atoms with Gasteiger partial charge in [-0.3, -0.25) is 0 Å². The number of rotatable bonds is 7. The van der Waals surface area contributed by atoms with Crippen molar-refractivity contribution < 1.29 is 24.4 Å². The second-order valence-electron chi connectivity index (χ2n) is 6.45. The van der Waals surface area contributed by atoms with Crippen molar-refractivity contribution in [2.75, 3.05) is 6.61 Å². The highest BCUT2D eigenvalue weighted by Gasteiger charge is 2.47. The van der Waals surface area contributed by atoms with E-state index in [0.29, 0.717) is 0 Å². The molecule has 0 radical (unpaired) electrons. The van der Waals surface area contributed by atoms with Crippen molar-refractivity contribution in [3.05, 3.63) is 30.3 Å². The lowest BCUT2D eigenvalue weighted by atomic mass is 9.99. The highest BCUT2D eigenvalue weighted by atomic mass is 32.2. The molecule has 1 aliphatic heterocycles. The summed E-state index contributed by atoms with van der Waals surface area (Å²) in [6.07, 6.45) is -2.76. The smallest absolute Gasteiger partial charge is 0.137 e. The van der Waals surface area contributed by atoms with Gasteiger partial charge in [0.2, 0.25) is 0 Å². The van der Waals surface area contributed by atoms with Crippen LogP contribution in [0.4, 0.5) is 0 Å². The molecule has 1 saturated heterocycles. The van der Waals surface area contributed by atoms with E-state index in [2.05, 4.69) is 0 Å². The van der Waals surface area contributed by atoms with Crippen LogP contribution in [0.1, 0.15) is 27.7 Å². The van der Waals surface area contributed by atoms with Crippen LogP contribution in [0.5, 0.6) is 0 Å². The molecule has 0 amide bonds. The van der Waals surface area contributed by atoms with Gasteiger partial charge in [0.15, 0.2) is 0 Å². The number of ether oxygens (including phenoxy) is 3. The number of aliphatic hydroxyl groups is 2. The van der Waals surface area contributed by atoms with Crippen LogP contribution in [-0.4, -0.2) is 58.9 Å². The van der Waals surface area contributed by atoms with Crippen LogP contribution in [-0.2, 0) is 14.2 Å². The predicted octanol–water partition coefficient (Wildman–Crippen LogP) is 2.44. The Balaban J connectivity index is 2.20. The van der Waals surface area contributed by atoms with Crippen LogP contribution in [0.2, 0.25) is 0 Å². The zero-order chi connectivity index (χ0) is 17.7. The van der Waals surface area contributed by atoms with E-state index < -0.39 is 29.9 Å². The SMILES string of the molecule is CC(C)O[C@H]1[C@@H](O)[C@H](OC(C)C)[C@@H](CO)O[C@@H]1Sc1ccccc1. The fourth-order valence-electron chi connectivity index (χ4n) is 2.71. The molecule has 1 fully saturated rings. The summed E-state index contributed by atoms with van der Waals surface area (Å²) in [6, 6.07) is 9.82. The number of benzene rings is 1. The van der Waals surface area contributed by atoms with Gasteiger partial charge in [-0.05, 0) is 39.8 Å². The molecule has 0 saturated carbocycles. The van der Waals surface area contributed by atoms with Gasteiger partial charge in [-0.25, -0.2) is 0 Å². The molecular weight excluding hydrogens is 328 g/mol. The van der Waals surface area contributed by atoms with Crippen LogP contribution >= 0.6 is 11.8 Å². The van der Waals surface area contributed by atoms with Crippen molar-refractivity contribution in [1.29, 1.82) is 0 Å². The normalized spacial score (nSPS) is 30.9. The molecule has 2 N–H and O–H groups in total. The average Bonchev–Trinajstić information content (AvgIpc) is 2.53. The van der Waals surface area contributed by atoms with Crippen LogP contribution in [0, 0.1) is 0 Å². The third kappa shape index (κ3) is 5.18. The highest BCUT2D eigenvalue weighted by molar-refractivity contribution is 7.99. The van der Waals surface area contributed by atoms with Gasteiger partial charge in [-0.2, -0.15) is 0 Å². The second-order valence-corrected chi connectivity index (χ2v) is 7.62. The Morgan fingerprint density at radius 1 is 1.04 bits per heavy atom. The summed E-state index contributed by atoms with van der Waals surface area (Å²) in [7, 11) is 0. The van der Waals surface area contributed by atoms with Crippen molar-refractivity contribution in [1.82, 2.24) is 0 Å². The van der Waals surface area contributed by atoms with Crippen molar-refractivity contribution in [2.45, 2.75) is 74.7 Å². The van der Waals surface area contributed by atoms with E-state index in [0.717, 1.165) is 4.90 Å². The monoisotopic (exact) mass is 356 g/mol. The third-order valence-corrected chi connectivity index (χ3v) is 4.81.